The van der Waals surface area contributed by atoms with Crippen LogP contribution in [-0.4, -0.2) is 11.0 Å². The van der Waals surface area contributed by atoms with Crippen molar-refractivity contribution >= 4 is 0 Å². The predicted octanol–water partition coefficient (Wildman–Crippen LogP) is 2.84. The predicted molar refractivity (Wildman–Crippen MR) is 63.9 cm³/mol. The Kier molecular flexibility index (Phi) is 3.37. The summed E-state index contributed by atoms with van der Waals surface area (Å²) in [5, 5.41) is 3.31. The smallest absolute Gasteiger partial charge is 0.152 e. The van der Waals surface area contributed by atoms with Crippen LogP contribution in [0.5, 0.6) is 0 Å². The fraction of sp³-hybridized carbons (Fsp3) is 0.308. The molecule has 16 heavy (non-hydrogen) atoms. The molecule has 0 fully saturated rings. The van der Waals surface area contributed by atoms with Gasteiger partial charge in [-0.3, -0.25) is 4.98 Å². The number of pyridine rings is 1. The number of hydrogen-bond donors (Lipinski definition) is 1. The van der Waals surface area contributed by atoms with Crippen molar-refractivity contribution in [1.82, 2.24) is 10.3 Å². The van der Waals surface area contributed by atoms with E-state index in [0.717, 1.165) is 23.8 Å². The number of hydrogen-bond acceptors (Lipinski definition) is 3. The topological polar surface area (TPSA) is 38.1 Å². The van der Waals surface area contributed by atoms with Gasteiger partial charge in [0, 0.05) is 12.2 Å². The first kappa shape index (κ1) is 10.9. The van der Waals surface area contributed by atoms with Crippen molar-refractivity contribution in [2.75, 3.05) is 0 Å². The second-order valence-corrected chi connectivity index (χ2v) is 4.02. The van der Waals surface area contributed by atoms with Gasteiger partial charge in [-0.2, -0.15) is 0 Å². The van der Waals surface area contributed by atoms with Gasteiger partial charge in [-0.1, -0.05) is 19.9 Å². The summed E-state index contributed by atoms with van der Waals surface area (Å²) in [5.41, 5.74) is 0.873. The van der Waals surface area contributed by atoms with Gasteiger partial charge in [0.1, 0.15) is 11.5 Å². The van der Waals surface area contributed by atoms with Crippen LogP contribution in [-0.2, 0) is 6.54 Å². The minimum Gasteiger partial charge on any atom is -0.458 e. The number of nitrogens with zero attached hydrogens (tertiary/aromatic N) is 1. The molecule has 0 spiro atoms. The van der Waals surface area contributed by atoms with E-state index >= 15 is 0 Å². The van der Waals surface area contributed by atoms with Crippen LogP contribution in [0.4, 0.5) is 0 Å². The fourth-order valence-corrected chi connectivity index (χ4v) is 1.42. The summed E-state index contributed by atoms with van der Waals surface area (Å²) in [6, 6.07) is 10.2. The van der Waals surface area contributed by atoms with Gasteiger partial charge in [0.05, 0.1) is 6.54 Å². The van der Waals surface area contributed by atoms with Crippen LogP contribution in [0.25, 0.3) is 11.5 Å². The van der Waals surface area contributed by atoms with Crippen LogP contribution in [0.3, 0.4) is 0 Å². The summed E-state index contributed by atoms with van der Waals surface area (Å²) in [6.07, 6.45) is 1.77. The third-order valence-electron chi connectivity index (χ3n) is 2.26. The minimum absolute atomic E-state index is 0.461. The van der Waals surface area contributed by atoms with Crippen LogP contribution in [0.2, 0.25) is 0 Å². The molecule has 1 N–H and O–H groups in total. The number of rotatable bonds is 4. The van der Waals surface area contributed by atoms with E-state index in [2.05, 4.69) is 24.1 Å². The molecule has 0 radical (unpaired) electrons. The molecule has 2 rings (SSSR count). The lowest BCUT2D eigenvalue weighted by molar-refractivity contribution is 0.472. The second-order valence-electron chi connectivity index (χ2n) is 4.02. The Morgan fingerprint density at radius 2 is 2.12 bits per heavy atom. The molecule has 84 valence electrons. The molecule has 0 amide bonds. The van der Waals surface area contributed by atoms with Gasteiger partial charge in [-0.05, 0) is 24.3 Å². The highest BCUT2D eigenvalue weighted by Gasteiger charge is 2.05. The number of nitrogens with one attached hydrogen (secondary N) is 1. The lowest BCUT2D eigenvalue weighted by Gasteiger charge is -2.04. The first-order chi connectivity index (χ1) is 7.75. The van der Waals surface area contributed by atoms with E-state index in [4.69, 9.17) is 4.42 Å². The van der Waals surface area contributed by atoms with Crippen molar-refractivity contribution in [2.45, 2.75) is 26.4 Å². The Hall–Kier alpha value is -1.61. The molecule has 0 saturated carbocycles. The lowest BCUT2D eigenvalue weighted by Crippen LogP contribution is -2.21. The number of furan rings is 1. The summed E-state index contributed by atoms with van der Waals surface area (Å²) in [7, 11) is 0. The summed E-state index contributed by atoms with van der Waals surface area (Å²) in [5.74, 6) is 1.76. The molecule has 0 bridgehead atoms. The highest BCUT2D eigenvalue weighted by Crippen LogP contribution is 2.19. The van der Waals surface area contributed by atoms with Crippen molar-refractivity contribution < 1.29 is 4.42 Å². The van der Waals surface area contributed by atoms with E-state index in [1.165, 1.54) is 0 Å². The Morgan fingerprint density at radius 1 is 1.25 bits per heavy atom. The van der Waals surface area contributed by atoms with Crippen LogP contribution in [0, 0.1) is 0 Å². The van der Waals surface area contributed by atoms with Crippen molar-refractivity contribution in [2.24, 2.45) is 0 Å². The lowest BCUT2D eigenvalue weighted by atomic mass is 10.3. The summed E-state index contributed by atoms with van der Waals surface area (Å²) in [4.78, 5) is 4.24. The van der Waals surface area contributed by atoms with Crippen molar-refractivity contribution in [3.8, 4) is 11.5 Å². The largest absolute Gasteiger partial charge is 0.458 e. The van der Waals surface area contributed by atoms with Crippen molar-refractivity contribution in [1.29, 1.82) is 0 Å². The molecule has 0 aromatic carbocycles. The Balaban J connectivity index is 2.08. The summed E-state index contributed by atoms with van der Waals surface area (Å²) < 4.78 is 5.70. The van der Waals surface area contributed by atoms with E-state index in [1.54, 1.807) is 6.20 Å². The molecule has 2 heterocycles. The second kappa shape index (κ2) is 4.94. The van der Waals surface area contributed by atoms with Crippen LogP contribution < -0.4 is 5.32 Å². The molecule has 2 aromatic heterocycles. The molecule has 2 aromatic rings. The average Bonchev–Trinajstić information content (AvgIpc) is 2.76. The molecule has 0 saturated heterocycles. The van der Waals surface area contributed by atoms with E-state index in [0.29, 0.717) is 6.04 Å². The molecule has 0 atom stereocenters. The van der Waals surface area contributed by atoms with Crippen molar-refractivity contribution in [3.63, 3.8) is 0 Å². The quantitative estimate of drug-likeness (QED) is 0.854. The van der Waals surface area contributed by atoms with Crippen molar-refractivity contribution in [3.05, 3.63) is 42.3 Å². The molecule has 0 unspecified atom stereocenters. The molecule has 0 aliphatic carbocycles. The minimum atomic E-state index is 0.461. The standard InChI is InChI=1S/C13H16N2O/c1-10(2)15-9-11-6-7-13(16-11)12-5-3-4-8-14-12/h3-8,10,15H,9H2,1-2H3. The van der Waals surface area contributed by atoms with E-state index in [9.17, 15) is 0 Å². The third-order valence-corrected chi connectivity index (χ3v) is 2.26. The normalized spacial score (nSPS) is 10.9. The van der Waals surface area contributed by atoms with Gasteiger partial charge < -0.3 is 9.73 Å². The molecule has 3 heteroatoms. The fourth-order valence-electron chi connectivity index (χ4n) is 1.42. The van der Waals surface area contributed by atoms with Crippen LogP contribution >= 0.6 is 0 Å². The van der Waals surface area contributed by atoms with Gasteiger partial charge in [-0.15, -0.1) is 0 Å². The van der Waals surface area contributed by atoms with E-state index in [-0.39, 0.29) is 0 Å². The maximum absolute atomic E-state index is 5.70. The highest BCUT2D eigenvalue weighted by atomic mass is 16.3. The molecule has 3 nitrogen and oxygen atoms in total. The molecule has 0 aliphatic heterocycles. The maximum atomic E-state index is 5.70. The summed E-state index contributed by atoms with van der Waals surface area (Å²) in [6.45, 7) is 4.98. The van der Waals surface area contributed by atoms with Crippen LogP contribution in [0.1, 0.15) is 19.6 Å². The number of aromatic nitrogens is 1. The zero-order valence-corrected chi connectivity index (χ0v) is 9.60. The van der Waals surface area contributed by atoms with E-state index < -0.39 is 0 Å². The maximum Gasteiger partial charge on any atom is 0.152 e. The highest BCUT2D eigenvalue weighted by molar-refractivity contribution is 5.51. The Morgan fingerprint density at radius 3 is 2.81 bits per heavy atom. The first-order valence-electron chi connectivity index (χ1n) is 5.49. The zero-order valence-electron chi connectivity index (χ0n) is 9.60. The Bertz CT molecular complexity index is 434. The molecule has 0 aliphatic rings. The van der Waals surface area contributed by atoms with Gasteiger partial charge in [0.25, 0.3) is 0 Å². The third kappa shape index (κ3) is 2.70. The summed E-state index contributed by atoms with van der Waals surface area (Å²) >= 11 is 0. The zero-order chi connectivity index (χ0) is 11.4. The van der Waals surface area contributed by atoms with Gasteiger partial charge in [-0.25, -0.2) is 0 Å². The van der Waals surface area contributed by atoms with E-state index in [1.807, 2.05) is 30.3 Å². The van der Waals surface area contributed by atoms with Gasteiger partial charge >= 0.3 is 0 Å². The molecular weight excluding hydrogens is 200 g/mol. The monoisotopic (exact) mass is 216 g/mol. The first-order valence-corrected chi connectivity index (χ1v) is 5.49. The SMILES string of the molecule is CC(C)NCc1ccc(-c2ccccn2)o1. The van der Waals surface area contributed by atoms with Gasteiger partial charge in [0.15, 0.2) is 5.76 Å². The van der Waals surface area contributed by atoms with Gasteiger partial charge in [0.2, 0.25) is 0 Å². The molecular formula is C13H16N2O. The average molecular weight is 216 g/mol. The Labute approximate surface area is 95.5 Å². The van der Waals surface area contributed by atoms with Crippen LogP contribution in [0.15, 0.2) is 40.9 Å².